The third-order valence-corrected chi connectivity index (χ3v) is 4.96. The molecule has 27 heavy (non-hydrogen) atoms. The number of para-hydroxylation sites is 2. The zero-order valence-electron chi connectivity index (χ0n) is 15.3. The molecule has 2 aromatic heterocycles. The highest BCUT2D eigenvalue weighted by Crippen LogP contribution is 2.24. The largest absolute Gasteiger partial charge is 0.441 e. The Morgan fingerprint density at radius 1 is 1.19 bits per heavy atom. The molecule has 0 aliphatic carbocycles. The van der Waals surface area contributed by atoms with Crippen molar-refractivity contribution in [1.82, 2.24) is 20.2 Å². The lowest BCUT2D eigenvalue weighted by Gasteiger charge is -2.26. The first-order valence-corrected chi connectivity index (χ1v) is 9.57. The third-order valence-electron chi connectivity index (χ3n) is 4.96. The van der Waals surface area contributed by atoms with E-state index in [2.05, 4.69) is 20.2 Å². The molecule has 1 aliphatic rings. The lowest BCUT2D eigenvalue weighted by atomic mass is 10.1. The Hall–Kier alpha value is -2.73. The van der Waals surface area contributed by atoms with Crippen LogP contribution in [-0.4, -0.2) is 40.4 Å². The maximum atomic E-state index is 12.9. The molecule has 3 aromatic rings. The number of hydrogen-bond acceptors (Lipinski definition) is 5. The van der Waals surface area contributed by atoms with E-state index in [-0.39, 0.29) is 11.9 Å². The van der Waals surface area contributed by atoms with Gasteiger partial charge in [0.1, 0.15) is 11.6 Å². The summed E-state index contributed by atoms with van der Waals surface area (Å²) in [6.45, 7) is 2.51. The fourth-order valence-electron chi connectivity index (χ4n) is 3.64. The molecule has 1 atom stereocenters. The van der Waals surface area contributed by atoms with Crippen molar-refractivity contribution in [2.24, 2.45) is 0 Å². The number of aromatic nitrogens is 2. The SMILES string of the molecule is O=C(NCCCc1nc2ccccc2o1)[C@@H](c1cccnc1)N1CCCC1. The first-order valence-electron chi connectivity index (χ1n) is 9.57. The second-order valence-electron chi connectivity index (χ2n) is 6.90. The molecule has 0 spiro atoms. The summed E-state index contributed by atoms with van der Waals surface area (Å²) in [6.07, 6.45) is 7.31. The number of oxazole rings is 1. The van der Waals surface area contributed by atoms with Crippen molar-refractivity contribution >= 4 is 17.0 Å². The average molecular weight is 364 g/mol. The zero-order chi connectivity index (χ0) is 18.5. The molecule has 6 nitrogen and oxygen atoms in total. The van der Waals surface area contributed by atoms with Crippen LogP contribution in [0.25, 0.3) is 11.1 Å². The topological polar surface area (TPSA) is 71.3 Å². The number of fused-ring (bicyclic) bond motifs is 1. The molecule has 6 heteroatoms. The molecular weight excluding hydrogens is 340 g/mol. The monoisotopic (exact) mass is 364 g/mol. The molecule has 1 N–H and O–H groups in total. The van der Waals surface area contributed by atoms with Crippen molar-refractivity contribution in [2.45, 2.75) is 31.7 Å². The van der Waals surface area contributed by atoms with Crippen LogP contribution in [0.2, 0.25) is 0 Å². The first kappa shape index (κ1) is 17.7. The lowest BCUT2D eigenvalue weighted by molar-refractivity contribution is -0.126. The Morgan fingerprint density at radius 3 is 2.81 bits per heavy atom. The molecule has 0 unspecified atom stereocenters. The second kappa shape index (κ2) is 8.31. The van der Waals surface area contributed by atoms with Gasteiger partial charge in [-0.05, 0) is 56.1 Å². The van der Waals surface area contributed by atoms with E-state index in [0.29, 0.717) is 18.9 Å². The summed E-state index contributed by atoms with van der Waals surface area (Å²) >= 11 is 0. The van der Waals surface area contributed by atoms with Crippen LogP contribution >= 0.6 is 0 Å². The van der Waals surface area contributed by atoms with Crippen molar-refractivity contribution in [3.05, 3.63) is 60.2 Å². The van der Waals surface area contributed by atoms with Crippen LogP contribution < -0.4 is 5.32 Å². The minimum atomic E-state index is -0.259. The summed E-state index contributed by atoms with van der Waals surface area (Å²) in [5, 5.41) is 3.08. The minimum absolute atomic E-state index is 0.0439. The molecule has 1 amide bonds. The smallest absolute Gasteiger partial charge is 0.242 e. The summed E-state index contributed by atoms with van der Waals surface area (Å²) in [4.78, 5) is 23.8. The van der Waals surface area contributed by atoms with E-state index in [9.17, 15) is 4.79 Å². The van der Waals surface area contributed by atoms with Crippen molar-refractivity contribution in [1.29, 1.82) is 0 Å². The molecule has 1 fully saturated rings. The molecule has 1 aliphatic heterocycles. The van der Waals surface area contributed by atoms with E-state index < -0.39 is 0 Å². The van der Waals surface area contributed by atoms with Gasteiger partial charge in [0.05, 0.1) is 0 Å². The Balaban J connectivity index is 1.34. The standard InChI is InChI=1S/C21H24N4O2/c26-21(20(25-13-3-4-14-25)16-7-5-11-22-15-16)23-12-6-10-19-24-17-8-1-2-9-18(17)27-19/h1-2,5,7-9,11,15,20H,3-4,6,10,12-14H2,(H,23,26)/t20-/m1/s1. The van der Waals surface area contributed by atoms with Gasteiger partial charge in [-0.1, -0.05) is 18.2 Å². The summed E-state index contributed by atoms with van der Waals surface area (Å²) in [5.74, 6) is 0.760. The van der Waals surface area contributed by atoms with E-state index in [0.717, 1.165) is 49.0 Å². The Kier molecular flexibility index (Phi) is 5.44. The molecule has 1 saturated heterocycles. The predicted octanol–water partition coefficient (Wildman–Crippen LogP) is 3.11. The molecule has 140 valence electrons. The number of carbonyl (C=O) groups is 1. The van der Waals surface area contributed by atoms with Crippen LogP contribution in [0.3, 0.4) is 0 Å². The predicted molar refractivity (Wildman–Crippen MR) is 103 cm³/mol. The van der Waals surface area contributed by atoms with Gasteiger partial charge in [0, 0.05) is 25.4 Å². The van der Waals surface area contributed by atoms with Gasteiger partial charge in [0.25, 0.3) is 0 Å². The van der Waals surface area contributed by atoms with Crippen LogP contribution in [-0.2, 0) is 11.2 Å². The molecule has 0 saturated carbocycles. The fraction of sp³-hybridized carbons (Fsp3) is 0.381. The Labute approximate surface area is 158 Å². The molecule has 0 radical (unpaired) electrons. The van der Waals surface area contributed by atoms with Gasteiger partial charge in [0.15, 0.2) is 11.5 Å². The quantitative estimate of drug-likeness (QED) is 0.652. The normalized spacial score (nSPS) is 15.9. The van der Waals surface area contributed by atoms with E-state index >= 15 is 0 Å². The van der Waals surface area contributed by atoms with E-state index in [1.165, 1.54) is 0 Å². The van der Waals surface area contributed by atoms with Crippen LogP contribution in [0, 0.1) is 0 Å². The number of nitrogens with one attached hydrogen (secondary N) is 1. The van der Waals surface area contributed by atoms with Gasteiger partial charge < -0.3 is 9.73 Å². The Bertz CT molecular complexity index is 854. The van der Waals surface area contributed by atoms with Gasteiger partial charge >= 0.3 is 0 Å². The third kappa shape index (κ3) is 4.17. The van der Waals surface area contributed by atoms with E-state index in [1.807, 2.05) is 36.4 Å². The number of benzene rings is 1. The van der Waals surface area contributed by atoms with Crippen molar-refractivity contribution in [3.63, 3.8) is 0 Å². The maximum absolute atomic E-state index is 12.9. The van der Waals surface area contributed by atoms with Crippen molar-refractivity contribution in [3.8, 4) is 0 Å². The highest BCUT2D eigenvalue weighted by Gasteiger charge is 2.29. The molecule has 4 rings (SSSR count). The maximum Gasteiger partial charge on any atom is 0.242 e. The van der Waals surface area contributed by atoms with Crippen LogP contribution in [0.4, 0.5) is 0 Å². The number of amides is 1. The van der Waals surface area contributed by atoms with Gasteiger partial charge in [-0.3, -0.25) is 14.7 Å². The van der Waals surface area contributed by atoms with Crippen LogP contribution in [0.5, 0.6) is 0 Å². The van der Waals surface area contributed by atoms with Crippen molar-refractivity contribution in [2.75, 3.05) is 19.6 Å². The number of aryl methyl sites for hydroxylation is 1. The molecular formula is C21H24N4O2. The average Bonchev–Trinajstić information content (AvgIpc) is 3.36. The highest BCUT2D eigenvalue weighted by atomic mass is 16.3. The molecule has 0 bridgehead atoms. The van der Waals surface area contributed by atoms with Crippen LogP contribution in [0.1, 0.15) is 36.8 Å². The summed E-state index contributed by atoms with van der Waals surface area (Å²) < 4.78 is 5.73. The van der Waals surface area contributed by atoms with Gasteiger partial charge in [0.2, 0.25) is 5.91 Å². The molecule has 1 aromatic carbocycles. The number of rotatable bonds is 7. The Morgan fingerprint density at radius 2 is 2.04 bits per heavy atom. The van der Waals surface area contributed by atoms with Gasteiger partial charge in [-0.2, -0.15) is 0 Å². The summed E-state index contributed by atoms with van der Waals surface area (Å²) in [7, 11) is 0. The number of nitrogens with zero attached hydrogens (tertiary/aromatic N) is 3. The minimum Gasteiger partial charge on any atom is -0.441 e. The van der Waals surface area contributed by atoms with Gasteiger partial charge in [-0.25, -0.2) is 4.98 Å². The summed E-state index contributed by atoms with van der Waals surface area (Å²) in [5.41, 5.74) is 2.64. The van der Waals surface area contributed by atoms with E-state index in [1.54, 1.807) is 12.4 Å². The van der Waals surface area contributed by atoms with Gasteiger partial charge in [-0.15, -0.1) is 0 Å². The number of likely N-dealkylation sites (tertiary alicyclic amines) is 1. The van der Waals surface area contributed by atoms with E-state index in [4.69, 9.17) is 4.42 Å². The van der Waals surface area contributed by atoms with Crippen LogP contribution in [0.15, 0.2) is 53.2 Å². The fourth-order valence-corrected chi connectivity index (χ4v) is 3.64. The number of carbonyl (C=O) groups excluding carboxylic acids is 1. The first-order chi connectivity index (χ1) is 13.3. The summed E-state index contributed by atoms with van der Waals surface area (Å²) in [6, 6.07) is 11.4. The molecule has 3 heterocycles. The zero-order valence-corrected chi connectivity index (χ0v) is 15.3. The highest BCUT2D eigenvalue weighted by molar-refractivity contribution is 5.83. The number of pyridine rings is 1. The van der Waals surface area contributed by atoms with Crippen molar-refractivity contribution < 1.29 is 9.21 Å². The lowest BCUT2D eigenvalue weighted by Crippen LogP contribution is -2.39. The second-order valence-corrected chi connectivity index (χ2v) is 6.90. The number of hydrogen-bond donors (Lipinski definition) is 1.